The van der Waals surface area contributed by atoms with Crippen LogP contribution in [0.2, 0.25) is 0 Å². The van der Waals surface area contributed by atoms with Crippen molar-refractivity contribution in [2.75, 3.05) is 20.1 Å². The van der Waals surface area contributed by atoms with Gasteiger partial charge in [-0.1, -0.05) is 6.92 Å². The normalized spacial score (nSPS) is 31.9. The van der Waals surface area contributed by atoms with Crippen LogP contribution in [-0.4, -0.2) is 53.3 Å². The lowest BCUT2D eigenvalue weighted by molar-refractivity contribution is -0.123. The number of amidine groups is 1. The first kappa shape index (κ1) is 11.4. The lowest BCUT2D eigenvalue weighted by Gasteiger charge is -2.55. The average molecular weight is 224 g/mol. The van der Waals surface area contributed by atoms with Crippen LogP contribution in [0.4, 0.5) is 0 Å². The van der Waals surface area contributed by atoms with Gasteiger partial charge in [-0.2, -0.15) is 0 Å². The number of nitrogens with zero attached hydrogens (tertiary/aromatic N) is 2. The molecule has 2 aliphatic rings. The van der Waals surface area contributed by atoms with Gasteiger partial charge in [0.25, 0.3) is 0 Å². The fourth-order valence-corrected chi connectivity index (χ4v) is 2.97. The van der Waals surface area contributed by atoms with E-state index in [-0.39, 0.29) is 17.5 Å². The average Bonchev–Trinajstić information content (AvgIpc) is 2.62. The second-order valence-corrected chi connectivity index (χ2v) is 4.86. The third kappa shape index (κ3) is 1.34. The number of nitrogens with one attached hydrogen (secondary N) is 1. The van der Waals surface area contributed by atoms with Gasteiger partial charge in [-0.3, -0.25) is 15.1 Å². The van der Waals surface area contributed by atoms with E-state index in [0.717, 1.165) is 25.9 Å². The number of likely N-dealkylation sites (tertiary alicyclic amines) is 2. The third-order valence-electron chi connectivity index (χ3n) is 4.07. The minimum Gasteiger partial charge on any atom is -0.368 e. The molecule has 0 aliphatic carbocycles. The highest BCUT2D eigenvalue weighted by Gasteiger charge is 2.55. The van der Waals surface area contributed by atoms with Crippen LogP contribution in [-0.2, 0) is 4.79 Å². The Bertz CT molecular complexity index is 330. The van der Waals surface area contributed by atoms with E-state index < -0.39 is 0 Å². The monoisotopic (exact) mass is 224 g/mol. The molecule has 0 aromatic carbocycles. The van der Waals surface area contributed by atoms with E-state index in [1.807, 2.05) is 11.8 Å². The van der Waals surface area contributed by atoms with Crippen LogP contribution in [0.3, 0.4) is 0 Å². The molecular weight excluding hydrogens is 204 g/mol. The molecule has 2 fully saturated rings. The number of rotatable bonds is 3. The number of nitrogens with two attached hydrogens (primary N) is 1. The van der Waals surface area contributed by atoms with Gasteiger partial charge in [-0.25, -0.2) is 0 Å². The van der Waals surface area contributed by atoms with Crippen LogP contribution < -0.4 is 5.73 Å². The number of hydrogen-bond acceptors (Lipinski definition) is 3. The first-order valence-corrected chi connectivity index (χ1v) is 5.89. The Labute approximate surface area is 96.1 Å². The largest absolute Gasteiger partial charge is 0.368 e. The van der Waals surface area contributed by atoms with Crippen molar-refractivity contribution in [1.29, 1.82) is 5.41 Å². The Morgan fingerprint density at radius 3 is 2.75 bits per heavy atom. The second kappa shape index (κ2) is 3.73. The van der Waals surface area contributed by atoms with Gasteiger partial charge in [-0.15, -0.1) is 0 Å². The van der Waals surface area contributed by atoms with Crippen molar-refractivity contribution in [2.24, 2.45) is 5.73 Å². The highest BCUT2D eigenvalue weighted by Crippen LogP contribution is 2.39. The maximum absolute atomic E-state index is 11.3. The zero-order valence-electron chi connectivity index (χ0n) is 9.99. The lowest BCUT2D eigenvalue weighted by atomic mass is 9.83. The minimum absolute atomic E-state index is 0.0944. The van der Waals surface area contributed by atoms with E-state index >= 15 is 0 Å². The van der Waals surface area contributed by atoms with Crippen LogP contribution in [0, 0.1) is 5.41 Å². The van der Waals surface area contributed by atoms with Gasteiger partial charge in [0.15, 0.2) is 0 Å². The van der Waals surface area contributed by atoms with Crippen LogP contribution >= 0.6 is 0 Å². The predicted molar refractivity (Wildman–Crippen MR) is 62.3 cm³/mol. The molecule has 0 aromatic rings. The fraction of sp³-hybridized carbons (Fsp3) is 0.818. The molecule has 3 N–H and O–H groups in total. The molecule has 2 aliphatic heterocycles. The molecule has 2 heterocycles. The maximum Gasteiger partial charge on any atom is 0.240 e. The van der Waals surface area contributed by atoms with Crippen LogP contribution in [0.15, 0.2) is 0 Å². The third-order valence-corrected chi connectivity index (χ3v) is 4.07. The quantitative estimate of drug-likeness (QED) is 0.709. The molecule has 2 saturated heterocycles. The highest BCUT2D eigenvalue weighted by molar-refractivity contribution is 5.99. The second-order valence-electron chi connectivity index (χ2n) is 4.86. The molecule has 1 spiro atoms. The van der Waals surface area contributed by atoms with E-state index in [2.05, 4.69) is 11.9 Å². The van der Waals surface area contributed by atoms with Gasteiger partial charge in [0, 0.05) is 6.54 Å². The maximum atomic E-state index is 11.3. The summed E-state index contributed by atoms with van der Waals surface area (Å²) in [6.45, 7) is 3.76. The molecule has 0 saturated carbocycles. The Kier molecular flexibility index (Phi) is 2.66. The molecule has 1 unspecified atom stereocenters. The Balaban J connectivity index is 2.09. The lowest BCUT2D eigenvalue weighted by Crippen LogP contribution is -2.74. The first-order chi connectivity index (χ1) is 7.53. The van der Waals surface area contributed by atoms with Crippen molar-refractivity contribution in [3.8, 4) is 0 Å². The smallest absolute Gasteiger partial charge is 0.240 e. The summed E-state index contributed by atoms with van der Waals surface area (Å²) in [5.41, 5.74) is 5.26. The Morgan fingerprint density at radius 2 is 2.38 bits per heavy atom. The van der Waals surface area contributed by atoms with Crippen LogP contribution in [0.1, 0.15) is 26.2 Å². The highest BCUT2D eigenvalue weighted by atomic mass is 16.1. The molecule has 90 valence electrons. The van der Waals surface area contributed by atoms with Crippen molar-refractivity contribution in [3.05, 3.63) is 0 Å². The molecular formula is C11H20N4O. The number of primary amides is 1. The molecule has 5 heteroatoms. The number of likely N-dealkylation sites (N-methyl/N-ethyl adjacent to an activating group) is 1. The summed E-state index contributed by atoms with van der Waals surface area (Å²) < 4.78 is 0. The van der Waals surface area contributed by atoms with Gasteiger partial charge in [0.05, 0.1) is 5.54 Å². The van der Waals surface area contributed by atoms with E-state index in [4.69, 9.17) is 11.1 Å². The predicted octanol–water partition coefficient (Wildman–Crippen LogP) is 0.00757. The van der Waals surface area contributed by atoms with Crippen LogP contribution in [0.25, 0.3) is 0 Å². The van der Waals surface area contributed by atoms with Gasteiger partial charge in [-0.05, 0) is 32.9 Å². The fourth-order valence-electron chi connectivity index (χ4n) is 2.97. The summed E-state index contributed by atoms with van der Waals surface area (Å²) >= 11 is 0. The minimum atomic E-state index is -0.317. The van der Waals surface area contributed by atoms with Gasteiger partial charge in [0.1, 0.15) is 11.9 Å². The first-order valence-electron chi connectivity index (χ1n) is 5.89. The van der Waals surface area contributed by atoms with Crippen molar-refractivity contribution in [1.82, 2.24) is 9.80 Å². The summed E-state index contributed by atoms with van der Waals surface area (Å²) in [5.74, 6) is 0.265. The number of amides is 1. The molecule has 0 bridgehead atoms. The molecule has 2 rings (SSSR count). The standard InChI is InChI=1S/C11H20N4O/c1-3-8(9(12)16)15-7-11(10(15)13)5-4-6-14(11)2/h8,13H,3-7H2,1-2H3,(H2,12,16)/t8-,11?/m0/s1. The zero-order chi connectivity index (χ0) is 11.9. The van der Waals surface area contributed by atoms with Crippen LogP contribution in [0.5, 0.6) is 0 Å². The summed E-state index contributed by atoms with van der Waals surface area (Å²) in [7, 11) is 2.06. The molecule has 2 atom stereocenters. The summed E-state index contributed by atoms with van der Waals surface area (Å²) in [6.07, 6.45) is 2.85. The summed E-state index contributed by atoms with van der Waals surface area (Å²) in [6, 6.07) is -0.299. The number of carbonyl (C=O) groups is 1. The van der Waals surface area contributed by atoms with Crippen molar-refractivity contribution in [3.63, 3.8) is 0 Å². The van der Waals surface area contributed by atoms with Gasteiger partial charge >= 0.3 is 0 Å². The van der Waals surface area contributed by atoms with Crippen molar-refractivity contribution in [2.45, 2.75) is 37.8 Å². The summed E-state index contributed by atoms with van der Waals surface area (Å²) in [5, 5.41) is 8.17. The van der Waals surface area contributed by atoms with E-state index in [9.17, 15) is 4.79 Å². The van der Waals surface area contributed by atoms with E-state index in [1.54, 1.807) is 0 Å². The zero-order valence-corrected chi connectivity index (χ0v) is 9.99. The molecule has 0 aromatic heterocycles. The Morgan fingerprint density at radius 1 is 1.69 bits per heavy atom. The Hall–Kier alpha value is -1.10. The summed E-state index contributed by atoms with van der Waals surface area (Å²) in [4.78, 5) is 15.4. The topological polar surface area (TPSA) is 73.4 Å². The van der Waals surface area contributed by atoms with E-state index in [0.29, 0.717) is 12.3 Å². The molecule has 5 nitrogen and oxygen atoms in total. The number of hydrogen-bond donors (Lipinski definition) is 2. The molecule has 1 amide bonds. The SMILES string of the molecule is CC[C@@H](C(N)=O)N1CC2(CCCN2C)C1=N. The van der Waals surface area contributed by atoms with Crippen molar-refractivity contribution >= 4 is 11.7 Å². The molecule has 16 heavy (non-hydrogen) atoms. The van der Waals surface area contributed by atoms with Gasteiger partial charge < -0.3 is 10.6 Å². The number of carbonyl (C=O) groups excluding carboxylic acids is 1. The van der Waals surface area contributed by atoms with E-state index in [1.165, 1.54) is 0 Å². The molecule has 0 radical (unpaired) electrons. The van der Waals surface area contributed by atoms with Gasteiger partial charge in [0.2, 0.25) is 5.91 Å². The van der Waals surface area contributed by atoms with Crippen molar-refractivity contribution < 1.29 is 4.79 Å².